The molecule has 0 aliphatic heterocycles. The molecule has 0 N–H and O–H groups in total. The molecule has 1 rings (SSSR count). The van der Waals surface area contributed by atoms with Crippen molar-refractivity contribution in [2.24, 2.45) is 5.92 Å². The second kappa shape index (κ2) is 14.6. The summed E-state index contributed by atoms with van der Waals surface area (Å²) in [5, 5.41) is 0. The van der Waals surface area contributed by atoms with Gasteiger partial charge >= 0.3 is 0 Å². The summed E-state index contributed by atoms with van der Waals surface area (Å²) in [7, 11) is 0. The Morgan fingerprint density at radius 1 is 0.696 bits per heavy atom. The first-order chi connectivity index (χ1) is 11.4. The fourth-order valence-corrected chi connectivity index (χ4v) is 3.11. The van der Waals surface area contributed by atoms with Gasteiger partial charge < -0.3 is 4.74 Å². The van der Waals surface area contributed by atoms with E-state index in [1.165, 1.54) is 77.0 Å². The summed E-state index contributed by atoms with van der Waals surface area (Å²) in [6, 6.07) is 10.3. The van der Waals surface area contributed by atoms with E-state index >= 15 is 0 Å². The summed E-state index contributed by atoms with van der Waals surface area (Å²) in [5.41, 5.74) is 0. The molecule has 1 atom stereocenters. The SMILES string of the molecule is CCCCCCCCC(CCCCCC)COc1ccccc1. The molecule has 0 saturated heterocycles. The van der Waals surface area contributed by atoms with Crippen LogP contribution in [0, 0.1) is 5.92 Å². The second-order valence-corrected chi connectivity index (χ2v) is 6.90. The van der Waals surface area contributed by atoms with Gasteiger partial charge in [-0.25, -0.2) is 0 Å². The molecule has 0 saturated carbocycles. The van der Waals surface area contributed by atoms with Crippen LogP contribution < -0.4 is 4.74 Å². The van der Waals surface area contributed by atoms with Gasteiger partial charge in [-0.2, -0.15) is 0 Å². The lowest BCUT2D eigenvalue weighted by Crippen LogP contribution is -2.12. The first-order valence-corrected chi connectivity index (χ1v) is 10.0. The van der Waals surface area contributed by atoms with Crippen molar-refractivity contribution in [3.63, 3.8) is 0 Å². The third kappa shape index (κ3) is 11.2. The Kier molecular flexibility index (Phi) is 12.7. The van der Waals surface area contributed by atoms with Gasteiger partial charge in [-0.05, 0) is 30.9 Å². The molecule has 132 valence electrons. The van der Waals surface area contributed by atoms with Crippen LogP contribution in [0.25, 0.3) is 0 Å². The molecule has 1 nitrogen and oxygen atoms in total. The maximum absolute atomic E-state index is 6.02. The molecule has 1 heteroatoms. The zero-order valence-corrected chi connectivity index (χ0v) is 15.6. The van der Waals surface area contributed by atoms with Crippen LogP contribution in [-0.4, -0.2) is 6.61 Å². The summed E-state index contributed by atoms with van der Waals surface area (Å²) >= 11 is 0. The van der Waals surface area contributed by atoms with Crippen LogP contribution in [-0.2, 0) is 0 Å². The highest BCUT2D eigenvalue weighted by molar-refractivity contribution is 5.20. The van der Waals surface area contributed by atoms with E-state index in [0.29, 0.717) is 0 Å². The predicted molar refractivity (Wildman–Crippen MR) is 102 cm³/mol. The maximum atomic E-state index is 6.02. The Balaban J connectivity index is 2.24. The molecule has 1 unspecified atom stereocenters. The molecule has 0 fully saturated rings. The van der Waals surface area contributed by atoms with E-state index in [2.05, 4.69) is 38.1 Å². The van der Waals surface area contributed by atoms with Crippen LogP contribution in [0.15, 0.2) is 30.3 Å². The van der Waals surface area contributed by atoms with E-state index in [1.807, 2.05) is 6.07 Å². The monoisotopic (exact) mass is 318 g/mol. The van der Waals surface area contributed by atoms with Crippen molar-refractivity contribution >= 4 is 0 Å². The first kappa shape index (κ1) is 20.1. The molecule has 0 bridgehead atoms. The molecule has 0 aliphatic carbocycles. The van der Waals surface area contributed by atoms with Crippen LogP contribution in [0.1, 0.15) is 90.9 Å². The van der Waals surface area contributed by atoms with Gasteiger partial charge in [0.1, 0.15) is 5.75 Å². The highest BCUT2D eigenvalue weighted by Gasteiger charge is 2.10. The van der Waals surface area contributed by atoms with Crippen molar-refractivity contribution in [1.29, 1.82) is 0 Å². The van der Waals surface area contributed by atoms with E-state index < -0.39 is 0 Å². The van der Waals surface area contributed by atoms with Crippen LogP contribution in [0.4, 0.5) is 0 Å². The number of rotatable bonds is 15. The van der Waals surface area contributed by atoms with Crippen molar-refractivity contribution in [2.75, 3.05) is 6.61 Å². The molecular formula is C22H38O. The lowest BCUT2D eigenvalue weighted by atomic mass is 9.95. The quantitative estimate of drug-likeness (QED) is 0.306. The van der Waals surface area contributed by atoms with Crippen LogP contribution in [0.2, 0.25) is 0 Å². The minimum atomic E-state index is 0.734. The van der Waals surface area contributed by atoms with Gasteiger partial charge in [0.25, 0.3) is 0 Å². The highest BCUT2D eigenvalue weighted by Crippen LogP contribution is 2.20. The van der Waals surface area contributed by atoms with E-state index in [4.69, 9.17) is 4.74 Å². The Morgan fingerprint density at radius 3 is 1.83 bits per heavy atom. The number of hydrogen-bond acceptors (Lipinski definition) is 1. The zero-order chi connectivity index (χ0) is 16.6. The molecular weight excluding hydrogens is 280 g/mol. The molecule has 0 aromatic heterocycles. The molecule has 0 radical (unpaired) electrons. The van der Waals surface area contributed by atoms with E-state index in [1.54, 1.807) is 0 Å². The molecule has 0 spiro atoms. The number of unbranched alkanes of at least 4 members (excludes halogenated alkanes) is 8. The summed E-state index contributed by atoms with van der Waals surface area (Å²) < 4.78 is 6.02. The molecule has 0 aliphatic rings. The third-order valence-electron chi connectivity index (χ3n) is 4.66. The van der Waals surface area contributed by atoms with E-state index in [9.17, 15) is 0 Å². The van der Waals surface area contributed by atoms with Gasteiger partial charge in [-0.3, -0.25) is 0 Å². The number of hydrogen-bond donors (Lipinski definition) is 0. The minimum Gasteiger partial charge on any atom is -0.493 e. The van der Waals surface area contributed by atoms with Crippen molar-refractivity contribution in [3.05, 3.63) is 30.3 Å². The van der Waals surface area contributed by atoms with Crippen molar-refractivity contribution in [1.82, 2.24) is 0 Å². The summed E-state index contributed by atoms with van der Waals surface area (Å²) in [6.07, 6.45) is 16.5. The number of para-hydroxylation sites is 1. The predicted octanol–water partition coefficient (Wildman–Crippen LogP) is 7.40. The largest absolute Gasteiger partial charge is 0.493 e. The van der Waals surface area contributed by atoms with Crippen molar-refractivity contribution in [3.8, 4) is 5.75 Å². The fraction of sp³-hybridized carbons (Fsp3) is 0.727. The highest BCUT2D eigenvalue weighted by atomic mass is 16.5. The van der Waals surface area contributed by atoms with Gasteiger partial charge in [-0.15, -0.1) is 0 Å². The molecule has 1 aromatic carbocycles. The smallest absolute Gasteiger partial charge is 0.119 e. The van der Waals surface area contributed by atoms with Crippen LogP contribution >= 0.6 is 0 Å². The fourth-order valence-electron chi connectivity index (χ4n) is 3.11. The summed E-state index contributed by atoms with van der Waals surface area (Å²) in [6.45, 7) is 5.46. The standard InChI is InChI=1S/C22H38O/c1-3-5-7-9-10-13-17-21(16-12-8-6-4-2)20-23-22-18-14-11-15-19-22/h11,14-15,18-19,21H,3-10,12-13,16-17,20H2,1-2H3. The maximum Gasteiger partial charge on any atom is 0.119 e. The van der Waals surface area contributed by atoms with E-state index in [0.717, 1.165) is 18.3 Å². The Morgan fingerprint density at radius 2 is 1.22 bits per heavy atom. The molecule has 0 heterocycles. The van der Waals surface area contributed by atoms with E-state index in [-0.39, 0.29) is 0 Å². The van der Waals surface area contributed by atoms with Gasteiger partial charge in [0.2, 0.25) is 0 Å². The minimum absolute atomic E-state index is 0.734. The number of benzene rings is 1. The van der Waals surface area contributed by atoms with Gasteiger partial charge in [-0.1, -0.05) is 96.3 Å². The molecule has 0 amide bonds. The third-order valence-corrected chi connectivity index (χ3v) is 4.66. The Hall–Kier alpha value is -0.980. The Bertz CT molecular complexity index is 346. The first-order valence-electron chi connectivity index (χ1n) is 10.0. The van der Waals surface area contributed by atoms with Crippen molar-refractivity contribution < 1.29 is 4.74 Å². The molecule has 1 aromatic rings. The van der Waals surface area contributed by atoms with Gasteiger partial charge in [0, 0.05) is 0 Å². The van der Waals surface area contributed by atoms with Crippen molar-refractivity contribution in [2.45, 2.75) is 90.9 Å². The average Bonchev–Trinajstić information content (AvgIpc) is 2.59. The lowest BCUT2D eigenvalue weighted by Gasteiger charge is -2.18. The van der Waals surface area contributed by atoms with Crippen LogP contribution in [0.5, 0.6) is 5.75 Å². The topological polar surface area (TPSA) is 9.23 Å². The average molecular weight is 319 g/mol. The van der Waals surface area contributed by atoms with Gasteiger partial charge in [0.15, 0.2) is 0 Å². The summed E-state index contributed by atoms with van der Waals surface area (Å²) in [4.78, 5) is 0. The van der Waals surface area contributed by atoms with Gasteiger partial charge in [0.05, 0.1) is 6.61 Å². The number of ether oxygens (including phenoxy) is 1. The normalized spacial score (nSPS) is 12.3. The van der Waals surface area contributed by atoms with Crippen LogP contribution in [0.3, 0.4) is 0 Å². The summed E-state index contributed by atoms with van der Waals surface area (Å²) in [5.74, 6) is 1.76. The molecule has 23 heavy (non-hydrogen) atoms. The lowest BCUT2D eigenvalue weighted by molar-refractivity contribution is 0.224. The Labute approximate surface area is 144 Å². The second-order valence-electron chi connectivity index (χ2n) is 6.90. The zero-order valence-electron chi connectivity index (χ0n) is 15.6.